The van der Waals surface area contributed by atoms with E-state index in [4.69, 9.17) is 0 Å². The summed E-state index contributed by atoms with van der Waals surface area (Å²) in [5.74, 6) is 0.632. The second kappa shape index (κ2) is 10.6. The van der Waals surface area contributed by atoms with E-state index in [1.807, 2.05) is 4.90 Å². The number of hydrogen-bond acceptors (Lipinski definition) is 6. The molecule has 1 aromatic heterocycles. The molecule has 158 valence electrons. The van der Waals surface area contributed by atoms with Gasteiger partial charge in [0.15, 0.2) is 0 Å². The maximum Gasteiger partial charge on any atom is 0.332 e. The highest BCUT2D eigenvalue weighted by Gasteiger charge is 2.12. The highest BCUT2D eigenvalue weighted by atomic mass is 16.6. The van der Waals surface area contributed by atoms with Crippen molar-refractivity contribution < 1.29 is 4.92 Å². The van der Waals surface area contributed by atoms with Crippen LogP contribution in [0.5, 0.6) is 0 Å². The molecule has 29 heavy (non-hydrogen) atoms. The van der Waals surface area contributed by atoms with E-state index in [-0.39, 0.29) is 16.9 Å². The summed E-state index contributed by atoms with van der Waals surface area (Å²) in [6.07, 6.45) is 2.66. The number of rotatable bonds is 11. The standard InChI is InChI=1S/C20H29N5O4/c1-4-13-24(18-15-19(26)23(3)20(27)22(18)2)14-12-21-11-5-6-16-7-9-17(10-8-16)25(28)29/h7-10,15,21H,4-6,11-14H2,1-3H3. The molecule has 0 fully saturated rings. The molecular weight excluding hydrogens is 374 g/mol. The fraction of sp³-hybridized carbons (Fsp3) is 0.500. The first-order valence-electron chi connectivity index (χ1n) is 9.81. The Kier molecular flexibility index (Phi) is 8.14. The third-order valence-electron chi connectivity index (χ3n) is 4.84. The van der Waals surface area contributed by atoms with Crippen LogP contribution < -0.4 is 21.5 Å². The summed E-state index contributed by atoms with van der Waals surface area (Å²) >= 11 is 0. The number of aromatic nitrogens is 2. The van der Waals surface area contributed by atoms with Gasteiger partial charge in [-0.2, -0.15) is 0 Å². The minimum Gasteiger partial charge on any atom is -0.356 e. The Morgan fingerprint density at radius 3 is 2.38 bits per heavy atom. The van der Waals surface area contributed by atoms with Gasteiger partial charge < -0.3 is 10.2 Å². The minimum absolute atomic E-state index is 0.105. The van der Waals surface area contributed by atoms with Crippen molar-refractivity contribution in [2.24, 2.45) is 14.1 Å². The summed E-state index contributed by atoms with van der Waals surface area (Å²) < 4.78 is 2.61. The molecule has 2 aromatic rings. The Bertz CT molecular complexity index is 933. The summed E-state index contributed by atoms with van der Waals surface area (Å²) in [5.41, 5.74) is 0.540. The lowest BCUT2D eigenvalue weighted by Gasteiger charge is -2.26. The maximum atomic E-state index is 12.2. The van der Waals surface area contributed by atoms with Gasteiger partial charge in [-0.15, -0.1) is 0 Å². The highest BCUT2D eigenvalue weighted by Crippen LogP contribution is 2.13. The normalized spacial score (nSPS) is 10.9. The fourth-order valence-electron chi connectivity index (χ4n) is 3.18. The van der Waals surface area contributed by atoms with E-state index in [1.165, 1.54) is 29.8 Å². The van der Waals surface area contributed by atoms with Crippen molar-refractivity contribution in [2.75, 3.05) is 31.1 Å². The highest BCUT2D eigenvalue weighted by molar-refractivity contribution is 5.38. The van der Waals surface area contributed by atoms with E-state index < -0.39 is 4.92 Å². The van der Waals surface area contributed by atoms with Crippen LogP contribution in [-0.2, 0) is 20.5 Å². The number of nitro groups is 1. The van der Waals surface area contributed by atoms with Gasteiger partial charge in [-0.05, 0) is 31.4 Å². The van der Waals surface area contributed by atoms with E-state index in [0.717, 1.165) is 49.0 Å². The van der Waals surface area contributed by atoms with Gasteiger partial charge in [-0.1, -0.05) is 19.1 Å². The zero-order valence-corrected chi connectivity index (χ0v) is 17.3. The van der Waals surface area contributed by atoms with Crippen LogP contribution in [0.4, 0.5) is 11.5 Å². The van der Waals surface area contributed by atoms with Crippen molar-refractivity contribution in [1.29, 1.82) is 0 Å². The molecule has 0 amide bonds. The molecular formula is C20H29N5O4. The molecule has 1 N–H and O–H groups in total. The number of nitrogens with zero attached hydrogens (tertiary/aromatic N) is 4. The van der Waals surface area contributed by atoms with Gasteiger partial charge in [-0.25, -0.2) is 4.79 Å². The van der Waals surface area contributed by atoms with Gasteiger partial charge in [0.1, 0.15) is 5.82 Å². The molecule has 0 saturated carbocycles. The first kappa shape index (κ1) is 22.4. The Hall–Kier alpha value is -2.94. The molecule has 0 bridgehead atoms. The number of nitrogens with one attached hydrogen (secondary N) is 1. The summed E-state index contributed by atoms with van der Waals surface area (Å²) in [6.45, 7) is 5.04. The van der Waals surface area contributed by atoms with Crippen LogP contribution in [0.2, 0.25) is 0 Å². The third-order valence-corrected chi connectivity index (χ3v) is 4.84. The fourth-order valence-corrected chi connectivity index (χ4v) is 3.18. The van der Waals surface area contributed by atoms with E-state index in [0.29, 0.717) is 12.4 Å². The second-order valence-electron chi connectivity index (χ2n) is 7.01. The van der Waals surface area contributed by atoms with Crippen molar-refractivity contribution in [2.45, 2.75) is 26.2 Å². The van der Waals surface area contributed by atoms with E-state index in [1.54, 1.807) is 19.2 Å². The third kappa shape index (κ3) is 6.02. The molecule has 1 heterocycles. The first-order valence-corrected chi connectivity index (χ1v) is 9.81. The Labute approximate surface area is 169 Å². The maximum absolute atomic E-state index is 12.2. The van der Waals surface area contributed by atoms with Crippen molar-refractivity contribution in [3.05, 3.63) is 66.8 Å². The lowest BCUT2D eigenvalue weighted by molar-refractivity contribution is -0.384. The topological polar surface area (TPSA) is 102 Å². The van der Waals surface area contributed by atoms with Gasteiger partial charge in [-0.3, -0.25) is 24.0 Å². The second-order valence-corrected chi connectivity index (χ2v) is 7.01. The minimum atomic E-state index is -0.397. The van der Waals surface area contributed by atoms with Crippen LogP contribution in [0.25, 0.3) is 0 Å². The Balaban J connectivity index is 1.84. The summed E-state index contributed by atoms with van der Waals surface area (Å²) in [4.78, 5) is 36.5. The summed E-state index contributed by atoms with van der Waals surface area (Å²) in [5, 5.41) is 14.1. The predicted octanol–water partition coefficient (Wildman–Crippen LogP) is 1.43. The summed E-state index contributed by atoms with van der Waals surface area (Å²) in [6, 6.07) is 8.14. The lowest BCUT2D eigenvalue weighted by atomic mass is 10.1. The van der Waals surface area contributed by atoms with Crippen molar-refractivity contribution in [3.8, 4) is 0 Å². The van der Waals surface area contributed by atoms with Gasteiger partial charge in [0.2, 0.25) is 0 Å². The molecule has 0 radical (unpaired) electrons. The molecule has 0 atom stereocenters. The van der Waals surface area contributed by atoms with Crippen LogP contribution in [0.1, 0.15) is 25.3 Å². The van der Waals surface area contributed by atoms with Gasteiger partial charge in [0, 0.05) is 51.9 Å². The Morgan fingerprint density at radius 2 is 1.76 bits per heavy atom. The van der Waals surface area contributed by atoms with E-state index in [9.17, 15) is 19.7 Å². The van der Waals surface area contributed by atoms with Gasteiger partial charge in [0.25, 0.3) is 11.2 Å². The monoisotopic (exact) mass is 403 g/mol. The molecule has 0 aliphatic rings. The first-order chi connectivity index (χ1) is 13.8. The molecule has 0 saturated heterocycles. The molecule has 1 aromatic carbocycles. The zero-order valence-electron chi connectivity index (χ0n) is 17.3. The van der Waals surface area contributed by atoms with Gasteiger partial charge >= 0.3 is 5.69 Å². The average Bonchev–Trinajstić information content (AvgIpc) is 2.71. The average molecular weight is 403 g/mol. The molecule has 0 aliphatic heterocycles. The number of non-ortho nitro benzene ring substituents is 1. The molecule has 9 heteroatoms. The molecule has 2 rings (SSSR count). The smallest absolute Gasteiger partial charge is 0.332 e. The number of benzene rings is 1. The number of anilines is 1. The Morgan fingerprint density at radius 1 is 1.07 bits per heavy atom. The zero-order chi connectivity index (χ0) is 21.4. The summed E-state index contributed by atoms with van der Waals surface area (Å²) in [7, 11) is 3.16. The quantitative estimate of drug-likeness (QED) is 0.346. The van der Waals surface area contributed by atoms with Crippen molar-refractivity contribution >= 4 is 11.5 Å². The SMILES string of the molecule is CCCN(CCNCCCc1ccc([N+](=O)[O-])cc1)c1cc(=O)n(C)c(=O)n1C. The molecule has 0 aliphatic carbocycles. The van der Waals surface area contributed by atoms with Crippen LogP contribution in [-0.4, -0.2) is 40.2 Å². The van der Waals surface area contributed by atoms with E-state index >= 15 is 0 Å². The predicted molar refractivity (Wildman–Crippen MR) is 114 cm³/mol. The van der Waals surface area contributed by atoms with Crippen molar-refractivity contribution in [1.82, 2.24) is 14.5 Å². The lowest BCUT2D eigenvalue weighted by Crippen LogP contribution is -2.42. The van der Waals surface area contributed by atoms with Crippen LogP contribution in [0.3, 0.4) is 0 Å². The van der Waals surface area contributed by atoms with Crippen LogP contribution >= 0.6 is 0 Å². The van der Waals surface area contributed by atoms with Crippen LogP contribution in [0.15, 0.2) is 39.9 Å². The molecule has 0 unspecified atom stereocenters. The molecule has 0 spiro atoms. The van der Waals surface area contributed by atoms with E-state index in [2.05, 4.69) is 12.2 Å². The number of aryl methyl sites for hydroxylation is 1. The van der Waals surface area contributed by atoms with Gasteiger partial charge in [0.05, 0.1) is 4.92 Å². The van der Waals surface area contributed by atoms with Crippen molar-refractivity contribution in [3.63, 3.8) is 0 Å². The number of nitro benzene ring substituents is 1. The van der Waals surface area contributed by atoms with Crippen LogP contribution in [0, 0.1) is 10.1 Å². The largest absolute Gasteiger partial charge is 0.356 e. The molecule has 9 nitrogen and oxygen atoms in total. The number of hydrogen-bond donors (Lipinski definition) is 1.